The molecule has 1 amide bonds. The molecule has 3 aliphatic heterocycles. The summed E-state index contributed by atoms with van der Waals surface area (Å²) in [6, 6.07) is 3.61. The van der Waals surface area contributed by atoms with E-state index >= 15 is 0 Å². The fourth-order valence-electron chi connectivity index (χ4n) is 6.89. The Labute approximate surface area is 281 Å². The third-order valence-corrected chi connectivity index (χ3v) is 10.3. The van der Waals surface area contributed by atoms with Crippen LogP contribution in [0.5, 0.6) is 11.5 Å². The number of hydrogen-bond donors (Lipinski definition) is 2. The Balaban J connectivity index is 1.31. The van der Waals surface area contributed by atoms with Crippen molar-refractivity contribution >= 4 is 23.6 Å². The molecule has 2 aromatic heterocycles. The third kappa shape index (κ3) is 7.14. The van der Waals surface area contributed by atoms with E-state index < -0.39 is 24.4 Å². The van der Waals surface area contributed by atoms with Crippen molar-refractivity contribution in [1.29, 1.82) is 0 Å². The number of rotatable bonds is 8. The second kappa shape index (κ2) is 13.6. The molecule has 0 spiro atoms. The maximum absolute atomic E-state index is 13.8. The number of fused-ring (bicyclic) bond motifs is 1. The first-order chi connectivity index (χ1) is 22.8. The number of carbonyl (C=O) groups is 1. The van der Waals surface area contributed by atoms with Crippen molar-refractivity contribution in [3.8, 4) is 22.6 Å². The van der Waals surface area contributed by atoms with E-state index in [1.165, 1.54) is 23.1 Å². The van der Waals surface area contributed by atoms with E-state index in [1.54, 1.807) is 25.4 Å². The van der Waals surface area contributed by atoms with E-state index in [2.05, 4.69) is 25.2 Å². The Morgan fingerprint density at radius 1 is 1.06 bits per heavy atom. The molecule has 0 aliphatic carbocycles. The predicted octanol–water partition coefficient (Wildman–Crippen LogP) is 5.85. The number of alkyl halides is 3. The van der Waals surface area contributed by atoms with Crippen LogP contribution in [-0.2, 0) is 6.54 Å². The van der Waals surface area contributed by atoms with Gasteiger partial charge in [0.25, 0.3) is 17.3 Å². The number of anilines is 1. The lowest BCUT2D eigenvalue weighted by Gasteiger charge is -2.39. The Kier molecular flexibility index (Phi) is 9.67. The summed E-state index contributed by atoms with van der Waals surface area (Å²) < 4.78 is 52.3. The van der Waals surface area contributed by atoms with Crippen LogP contribution < -0.4 is 25.2 Å². The average Bonchev–Trinajstić information content (AvgIpc) is 3.43. The number of benzene rings is 1. The second-order valence-corrected chi connectivity index (χ2v) is 13.8. The number of ether oxygens (including phenoxy) is 2. The summed E-state index contributed by atoms with van der Waals surface area (Å²) >= 11 is 1.43. The Bertz CT molecular complexity index is 1720. The summed E-state index contributed by atoms with van der Waals surface area (Å²) in [6.45, 7) is 6.80. The fraction of sp³-hybridized carbons (Fsp3) is 0.529. The third-order valence-electron chi connectivity index (χ3n) is 9.53. The first kappa shape index (κ1) is 34.1. The van der Waals surface area contributed by atoms with Gasteiger partial charge in [0.2, 0.25) is 5.95 Å². The number of amides is 1. The minimum Gasteiger partial charge on any atom is -0.448 e. The molecule has 3 aliphatic rings. The molecule has 0 saturated carbocycles. The lowest BCUT2D eigenvalue weighted by Crippen LogP contribution is -2.49. The highest BCUT2D eigenvalue weighted by Gasteiger charge is 2.48. The van der Waals surface area contributed by atoms with Crippen LogP contribution in [0, 0.1) is 19.8 Å². The smallest absolute Gasteiger partial charge is 0.401 e. The molecule has 2 N–H and O–H groups in total. The lowest BCUT2D eigenvalue weighted by molar-refractivity contribution is -0.159. The van der Waals surface area contributed by atoms with Gasteiger partial charge in [0.05, 0.1) is 6.54 Å². The summed E-state index contributed by atoms with van der Waals surface area (Å²) in [7, 11) is 0. The van der Waals surface area contributed by atoms with E-state index in [0.717, 1.165) is 36.5 Å². The van der Waals surface area contributed by atoms with Gasteiger partial charge in [-0.3, -0.25) is 14.5 Å². The van der Waals surface area contributed by atoms with Crippen molar-refractivity contribution < 1.29 is 27.4 Å². The maximum Gasteiger partial charge on any atom is 0.401 e. The first-order valence-corrected chi connectivity index (χ1v) is 17.5. The molecule has 3 aromatic rings. The number of halogens is 3. The van der Waals surface area contributed by atoms with Crippen molar-refractivity contribution in [2.45, 2.75) is 76.3 Å². The van der Waals surface area contributed by atoms with Gasteiger partial charge in [0.1, 0.15) is 0 Å². The van der Waals surface area contributed by atoms with E-state index in [9.17, 15) is 22.8 Å². The molecule has 1 atom stereocenters. The fourth-order valence-corrected chi connectivity index (χ4v) is 7.59. The molecule has 1 aromatic carbocycles. The van der Waals surface area contributed by atoms with Crippen molar-refractivity contribution in [1.82, 2.24) is 25.2 Å². The molecule has 48 heavy (non-hydrogen) atoms. The number of hydrogen-bond acceptors (Lipinski definition) is 9. The average molecular weight is 687 g/mol. The topological polar surface area (TPSA) is 113 Å². The second-order valence-electron chi connectivity index (χ2n) is 13.0. The van der Waals surface area contributed by atoms with Crippen molar-refractivity contribution in [3.63, 3.8) is 0 Å². The quantitative estimate of drug-likeness (QED) is 0.282. The summed E-state index contributed by atoms with van der Waals surface area (Å²) in [5.41, 5.74) is 3.04. The van der Waals surface area contributed by atoms with Crippen molar-refractivity contribution in [2.75, 3.05) is 43.9 Å². The summed E-state index contributed by atoms with van der Waals surface area (Å²) in [6.07, 6.45) is 5.32. The molecule has 1 unspecified atom stereocenters. The summed E-state index contributed by atoms with van der Waals surface area (Å²) in [4.78, 5) is 43.0. The molecule has 5 heterocycles. The highest BCUT2D eigenvalue weighted by Crippen LogP contribution is 2.52. The molecule has 0 radical (unpaired) electrons. The van der Waals surface area contributed by atoms with Crippen LogP contribution in [0.2, 0.25) is 0 Å². The number of aromatic amines is 1. The summed E-state index contributed by atoms with van der Waals surface area (Å²) in [5, 5.41) is 2.92. The van der Waals surface area contributed by atoms with Crippen LogP contribution in [-0.4, -0.2) is 76.7 Å². The normalized spacial score (nSPS) is 20.3. The Hall–Kier alpha value is -3.78. The number of carbonyl (C=O) groups excluding carboxylic acids is 1. The molecule has 0 bridgehead atoms. The van der Waals surface area contributed by atoms with Crippen LogP contribution in [0.3, 0.4) is 0 Å². The van der Waals surface area contributed by atoms with Gasteiger partial charge >= 0.3 is 6.18 Å². The van der Waals surface area contributed by atoms with Gasteiger partial charge in [-0.1, -0.05) is 0 Å². The number of aromatic nitrogens is 3. The van der Waals surface area contributed by atoms with Gasteiger partial charge in [-0.15, -0.1) is 11.8 Å². The standard InChI is InChI=1S/C34H41F3N6O4S/c1-20-14-27(48-4)26(31(45)41-20)18-38-30(44)24-15-25(22-16-39-32(40-17-22)43-10-6-5-7-11-43)29-28(21(24)2)46-33(3,47-29)23-8-12-42(13-9-23)19-34(35,36)37/h14-17,23H,5-13,18-19H2,1-4H3,(H,38,44)(H,41,45). The highest BCUT2D eigenvalue weighted by molar-refractivity contribution is 7.98. The van der Waals surface area contributed by atoms with Gasteiger partial charge < -0.3 is 24.7 Å². The molecule has 14 heteroatoms. The van der Waals surface area contributed by atoms with Crippen LogP contribution in [0.15, 0.2) is 34.2 Å². The van der Waals surface area contributed by atoms with Crippen molar-refractivity contribution in [3.05, 3.63) is 57.3 Å². The Morgan fingerprint density at radius 2 is 1.73 bits per heavy atom. The van der Waals surface area contributed by atoms with Gasteiger partial charge in [-0.25, -0.2) is 9.97 Å². The number of aryl methyl sites for hydroxylation is 1. The minimum atomic E-state index is -4.26. The van der Waals surface area contributed by atoms with E-state index in [0.29, 0.717) is 58.1 Å². The van der Waals surface area contributed by atoms with Crippen LogP contribution in [0.4, 0.5) is 19.1 Å². The van der Waals surface area contributed by atoms with E-state index in [-0.39, 0.29) is 31.1 Å². The predicted molar refractivity (Wildman–Crippen MR) is 178 cm³/mol. The van der Waals surface area contributed by atoms with Crippen LogP contribution in [0.1, 0.15) is 66.2 Å². The number of likely N-dealkylation sites (tertiary alicyclic amines) is 1. The molecular weight excluding hydrogens is 645 g/mol. The van der Waals surface area contributed by atoms with Gasteiger partial charge in [0.15, 0.2) is 11.5 Å². The largest absolute Gasteiger partial charge is 0.448 e. The molecular formula is C34H41F3N6O4S. The Morgan fingerprint density at radius 3 is 2.38 bits per heavy atom. The molecule has 6 rings (SSSR count). The van der Waals surface area contributed by atoms with E-state index in [1.807, 2.05) is 26.2 Å². The minimum absolute atomic E-state index is 0.0235. The van der Waals surface area contributed by atoms with Crippen LogP contribution >= 0.6 is 11.8 Å². The zero-order chi connectivity index (χ0) is 34.2. The number of piperidine rings is 2. The SMILES string of the molecule is CSc1cc(C)[nH]c(=O)c1CNC(=O)c1cc(-c2cnc(N3CCCCC3)nc2)c2c(c1C)OC(C)(C1CCN(CC(F)(F)F)CC1)O2. The molecule has 10 nitrogen and oxygen atoms in total. The van der Waals surface area contributed by atoms with Crippen molar-refractivity contribution in [2.24, 2.45) is 5.92 Å². The first-order valence-electron chi connectivity index (χ1n) is 16.3. The van der Waals surface area contributed by atoms with Gasteiger partial charge in [-0.2, -0.15) is 13.2 Å². The number of nitrogens with zero attached hydrogens (tertiary/aromatic N) is 4. The monoisotopic (exact) mass is 686 g/mol. The number of nitrogens with one attached hydrogen (secondary N) is 2. The molecule has 2 saturated heterocycles. The molecule has 2 fully saturated rings. The lowest BCUT2D eigenvalue weighted by atomic mass is 9.89. The number of pyridine rings is 1. The maximum atomic E-state index is 13.8. The number of thioether (sulfide) groups is 1. The highest BCUT2D eigenvalue weighted by atomic mass is 32.2. The van der Waals surface area contributed by atoms with Gasteiger partial charge in [0, 0.05) is 83.3 Å². The molecule has 258 valence electrons. The summed E-state index contributed by atoms with van der Waals surface area (Å²) in [5.74, 6) is -0.255. The zero-order valence-corrected chi connectivity index (χ0v) is 28.4. The van der Waals surface area contributed by atoms with E-state index in [4.69, 9.17) is 9.47 Å². The van der Waals surface area contributed by atoms with Gasteiger partial charge in [-0.05, 0) is 77.4 Å². The number of H-pyrrole nitrogens is 1. The van der Waals surface area contributed by atoms with Crippen LogP contribution in [0.25, 0.3) is 11.1 Å². The zero-order valence-electron chi connectivity index (χ0n) is 27.6.